The van der Waals surface area contributed by atoms with Crippen molar-refractivity contribution >= 4 is 18.0 Å². The van der Waals surface area contributed by atoms with Gasteiger partial charge in [0.2, 0.25) is 0 Å². The Balaban J connectivity index is 2.79. The van der Waals surface area contributed by atoms with Crippen molar-refractivity contribution in [3.63, 3.8) is 0 Å². The molecule has 1 saturated heterocycles. The predicted octanol–water partition coefficient (Wildman–Crippen LogP) is 1.22. The largest absolute Gasteiger partial charge is 0.480 e. The van der Waals surface area contributed by atoms with Gasteiger partial charge in [-0.25, -0.2) is 14.4 Å². The number of hydrogen-bond donors (Lipinski definition) is 2. The van der Waals surface area contributed by atoms with Gasteiger partial charge in [-0.2, -0.15) is 0 Å². The Hall–Kier alpha value is -1.79. The van der Waals surface area contributed by atoms with E-state index in [-0.39, 0.29) is 5.92 Å². The Morgan fingerprint density at radius 2 is 2.05 bits per heavy atom. The van der Waals surface area contributed by atoms with E-state index in [1.807, 2.05) is 6.92 Å². The van der Waals surface area contributed by atoms with E-state index in [0.717, 1.165) is 12.8 Å². The Bertz CT molecular complexity index is 399. The van der Waals surface area contributed by atoms with Crippen molar-refractivity contribution < 1.29 is 24.2 Å². The highest BCUT2D eigenvalue weighted by Crippen LogP contribution is 2.19. The van der Waals surface area contributed by atoms with Crippen molar-refractivity contribution in [3.8, 4) is 0 Å². The van der Waals surface area contributed by atoms with Gasteiger partial charge in [-0.05, 0) is 25.2 Å². The van der Waals surface area contributed by atoms with E-state index >= 15 is 0 Å². The van der Waals surface area contributed by atoms with Gasteiger partial charge in [0.25, 0.3) is 0 Å². The Morgan fingerprint density at radius 1 is 1.38 bits per heavy atom. The number of methoxy groups -OCH3 is 1. The minimum absolute atomic E-state index is 0.187. The summed E-state index contributed by atoms with van der Waals surface area (Å²) in [5.74, 6) is -1.71. The molecule has 120 valence electrons. The first-order valence-corrected chi connectivity index (χ1v) is 7.30. The minimum atomic E-state index is -1.07. The third-order valence-corrected chi connectivity index (χ3v) is 3.99. The number of hydrogen-bond acceptors (Lipinski definition) is 4. The summed E-state index contributed by atoms with van der Waals surface area (Å²) >= 11 is 0. The number of ether oxygens (including phenoxy) is 1. The van der Waals surface area contributed by atoms with Gasteiger partial charge in [0.15, 0.2) is 0 Å². The van der Waals surface area contributed by atoms with Gasteiger partial charge in [-0.15, -0.1) is 0 Å². The third kappa shape index (κ3) is 4.34. The lowest BCUT2D eigenvalue weighted by Crippen LogP contribution is -2.56. The number of carbonyl (C=O) groups excluding carboxylic acids is 2. The van der Waals surface area contributed by atoms with E-state index in [1.54, 1.807) is 6.92 Å². The summed E-state index contributed by atoms with van der Waals surface area (Å²) in [5.41, 5.74) is 0. The molecule has 0 bridgehead atoms. The maximum absolute atomic E-state index is 12.3. The Labute approximate surface area is 124 Å². The second kappa shape index (κ2) is 7.85. The number of carbonyl (C=O) groups is 3. The molecule has 0 saturated carbocycles. The average molecular weight is 300 g/mol. The van der Waals surface area contributed by atoms with E-state index in [9.17, 15) is 19.5 Å². The van der Waals surface area contributed by atoms with Gasteiger partial charge in [-0.1, -0.05) is 20.3 Å². The molecule has 1 heterocycles. The van der Waals surface area contributed by atoms with Crippen molar-refractivity contribution in [3.05, 3.63) is 0 Å². The van der Waals surface area contributed by atoms with Gasteiger partial charge >= 0.3 is 18.0 Å². The molecule has 0 aliphatic carbocycles. The monoisotopic (exact) mass is 300 g/mol. The van der Waals surface area contributed by atoms with Crippen molar-refractivity contribution in [2.45, 2.75) is 51.6 Å². The highest BCUT2D eigenvalue weighted by atomic mass is 16.5. The van der Waals surface area contributed by atoms with Crippen LogP contribution in [-0.2, 0) is 14.3 Å². The summed E-state index contributed by atoms with van der Waals surface area (Å²) in [5, 5.41) is 11.7. The fourth-order valence-corrected chi connectivity index (χ4v) is 2.45. The molecule has 0 aromatic rings. The predicted molar refractivity (Wildman–Crippen MR) is 75.8 cm³/mol. The molecule has 1 aliphatic heterocycles. The van der Waals surface area contributed by atoms with E-state index < -0.39 is 30.1 Å². The van der Waals surface area contributed by atoms with Gasteiger partial charge in [0, 0.05) is 6.54 Å². The van der Waals surface area contributed by atoms with E-state index in [1.165, 1.54) is 12.0 Å². The number of likely N-dealkylation sites (tertiary alicyclic amines) is 1. The fourth-order valence-electron chi connectivity index (χ4n) is 2.45. The molecular formula is C14H24N2O5. The molecule has 0 spiro atoms. The molecule has 0 radical (unpaired) electrons. The first kappa shape index (κ1) is 17.3. The van der Waals surface area contributed by atoms with Gasteiger partial charge in [0.05, 0.1) is 7.11 Å². The number of nitrogens with one attached hydrogen (secondary N) is 1. The Kier molecular flexibility index (Phi) is 6.45. The SMILES string of the molecule is CCC(C)[C@H](NC(=O)N1CCCCC1C(=O)OC)C(=O)O. The zero-order chi connectivity index (χ0) is 16.0. The van der Waals surface area contributed by atoms with Crippen molar-refractivity contribution in [2.24, 2.45) is 5.92 Å². The molecule has 2 N–H and O–H groups in total. The summed E-state index contributed by atoms with van der Waals surface area (Å²) < 4.78 is 4.71. The number of rotatable bonds is 5. The lowest BCUT2D eigenvalue weighted by Gasteiger charge is -2.35. The van der Waals surface area contributed by atoms with Crippen molar-refractivity contribution in [1.29, 1.82) is 0 Å². The van der Waals surface area contributed by atoms with Crippen LogP contribution in [0.15, 0.2) is 0 Å². The standard InChI is InChI=1S/C14H24N2O5/c1-4-9(2)11(12(17)18)15-14(20)16-8-6-5-7-10(16)13(19)21-3/h9-11H,4-8H2,1-3H3,(H,15,20)(H,17,18)/t9?,10?,11-/m0/s1. The first-order valence-electron chi connectivity index (χ1n) is 7.30. The molecule has 3 atom stereocenters. The molecule has 2 amide bonds. The van der Waals surface area contributed by atoms with Crippen LogP contribution >= 0.6 is 0 Å². The first-order chi connectivity index (χ1) is 9.92. The number of nitrogens with zero attached hydrogens (tertiary/aromatic N) is 1. The molecule has 0 aromatic heterocycles. The summed E-state index contributed by atoms with van der Waals surface area (Å²) in [4.78, 5) is 36.7. The topological polar surface area (TPSA) is 95.9 Å². The van der Waals surface area contributed by atoms with Crippen LogP contribution in [0.25, 0.3) is 0 Å². The number of amides is 2. The lowest BCUT2D eigenvalue weighted by atomic mass is 9.99. The zero-order valence-electron chi connectivity index (χ0n) is 12.8. The van der Waals surface area contributed by atoms with Crippen LogP contribution in [0, 0.1) is 5.92 Å². The molecule has 0 aromatic carbocycles. The van der Waals surface area contributed by atoms with Crippen LogP contribution in [0.1, 0.15) is 39.5 Å². The highest BCUT2D eigenvalue weighted by Gasteiger charge is 2.35. The van der Waals surface area contributed by atoms with Crippen LogP contribution in [0.3, 0.4) is 0 Å². The van der Waals surface area contributed by atoms with Crippen molar-refractivity contribution in [2.75, 3.05) is 13.7 Å². The maximum atomic E-state index is 12.3. The third-order valence-electron chi connectivity index (χ3n) is 3.99. The quantitative estimate of drug-likeness (QED) is 0.744. The molecule has 1 aliphatic rings. The summed E-state index contributed by atoms with van der Waals surface area (Å²) in [6, 6.07) is -2.10. The number of carboxylic acids is 1. The van der Waals surface area contributed by atoms with E-state index in [0.29, 0.717) is 19.4 Å². The zero-order valence-corrected chi connectivity index (χ0v) is 12.8. The minimum Gasteiger partial charge on any atom is -0.480 e. The van der Waals surface area contributed by atoms with E-state index in [4.69, 9.17) is 4.74 Å². The molecule has 7 nitrogen and oxygen atoms in total. The summed E-state index contributed by atoms with van der Waals surface area (Å²) in [6.45, 7) is 4.07. The summed E-state index contributed by atoms with van der Waals surface area (Å²) in [7, 11) is 1.28. The van der Waals surface area contributed by atoms with Crippen LogP contribution in [-0.4, -0.2) is 53.7 Å². The van der Waals surface area contributed by atoms with Crippen molar-refractivity contribution in [1.82, 2.24) is 10.2 Å². The molecule has 1 rings (SSSR count). The van der Waals surface area contributed by atoms with Crippen LogP contribution in [0.2, 0.25) is 0 Å². The molecule has 7 heteroatoms. The van der Waals surface area contributed by atoms with Crippen LogP contribution < -0.4 is 5.32 Å². The normalized spacial score (nSPS) is 21.3. The molecule has 21 heavy (non-hydrogen) atoms. The van der Waals surface area contributed by atoms with Crippen LogP contribution in [0.4, 0.5) is 4.79 Å². The lowest BCUT2D eigenvalue weighted by molar-refractivity contribution is -0.146. The number of esters is 1. The maximum Gasteiger partial charge on any atom is 0.328 e. The Morgan fingerprint density at radius 3 is 2.57 bits per heavy atom. The summed E-state index contributed by atoms with van der Waals surface area (Å²) in [6.07, 6.45) is 2.82. The van der Waals surface area contributed by atoms with Crippen LogP contribution in [0.5, 0.6) is 0 Å². The smallest absolute Gasteiger partial charge is 0.328 e. The number of aliphatic carboxylic acids is 1. The average Bonchev–Trinajstić information content (AvgIpc) is 2.50. The number of piperidine rings is 1. The highest BCUT2D eigenvalue weighted by molar-refractivity contribution is 5.87. The van der Waals surface area contributed by atoms with Gasteiger partial charge < -0.3 is 20.1 Å². The van der Waals surface area contributed by atoms with E-state index in [2.05, 4.69) is 5.32 Å². The number of carboxylic acid groups (broad SMARTS) is 1. The number of urea groups is 1. The molecular weight excluding hydrogens is 276 g/mol. The van der Waals surface area contributed by atoms with Gasteiger partial charge in [-0.3, -0.25) is 0 Å². The second-order valence-corrected chi connectivity index (χ2v) is 5.38. The van der Waals surface area contributed by atoms with Gasteiger partial charge in [0.1, 0.15) is 12.1 Å². The molecule has 1 fully saturated rings. The molecule has 2 unspecified atom stereocenters. The second-order valence-electron chi connectivity index (χ2n) is 5.38. The fraction of sp³-hybridized carbons (Fsp3) is 0.786.